The molecule has 9 nitrogen and oxygen atoms in total. The molecule has 0 atom stereocenters. The van der Waals surface area contributed by atoms with E-state index in [1.54, 1.807) is 6.21 Å². The van der Waals surface area contributed by atoms with Crippen LogP contribution in [-0.2, 0) is 28.5 Å². The molecule has 0 saturated heterocycles. The molecule has 0 aromatic rings. The fraction of sp³-hybridized carbons (Fsp3) is 0.842. The second kappa shape index (κ2) is 20.3. The quantitative estimate of drug-likeness (QED) is 0.141. The molecule has 0 aromatic heterocycles. The van der Waals surface area contributed by atoms with Gasteiger partial charge in [-0.1, -0.05) is 6.92 Å². The summed E-state index contributed by atoms with van der Waals surface area (Å²) in [6, 6.07) is 0.196. The third kappa shape index (κ3) is 19.4. The van der Waals surface area contributed by atoms with Crippen molar-refractivity contribution < 1.29 is 28.5 Å². The van der Waals surface area contributed by atoms with E-state index in [9.17, 15) is 4.79 Å². The Labute approximate surface area is 168 Å². The molecule has 0 aliphatic carbocycles. The molecule has 0 aromatic carbocycles. The number of aliphatic imine (C=N–C) groups is 1. The lowest BCUT2D eigenvalue weighted by molar-refractivity contribution is -0.120. The van der Waals surface area contributed by atoms with Gasteiger partial charge in [0, 0.05) is 25.1 Å². The van der Waals surface area contributed by atoms with Crippen molar-refractivity contribution in [2.24, 2.45) is 15.9 Å². The molecule has 0 radical (unpaired) electrons. The predicted octanol–water partition coefficient (Wildman–Crippen LogP) is 1.23. The third-order valence-electron chi connectivity index (χ3n) is 3.35. The summed E-state index contributed by atoms with van der Waals surface area (Å²) in [5, 5.41) is 3.62. The summed E-state index contributed by atoms with van der Waals surface area (Å²) in [6.45, 7) is 10.4. The van der Waals surface area contributed by atoms with Crippen LogP contribution < -0.4 is 5.84 Å². The maximum absolute atomic E-state index is 11.1. The van der Waals surface area contributed by atoms with Crippen LogP contribution in [0.3, 0.4) is 0 Å². The predicted molar refractivity (Wildman–Crippen MR) is 109 cm³/mol. The number of hydrogen-bond donors (Lipinski definition) is 1. The monoisotopic (exact) mass is 403 g/mol. The molecule has 164 valence electrons. The Morgan fingerprint density at radius 1 is 0.857 bits per heavy atom. The fourth-order valence-electron chi connectivity index (χ4n) is 1.76. The first kappa shape index (κ1) is 26.6. The smallest absolute Gasteiger partial charge is 0.134 e. The molecular formula is C19H37N3O6. The maximum Gasteiger partial charge on any atom is 0.134 e. The summed E-state index contributed by atoms with van der Waals surface area (Å²) < 4.78 is 26.9. The van der Waals surface area contributed by atoms with Crippen LogP contribution in [-0.4, -0.2) is 89.8 Å². The second-order valence-corrected chi connectivity index (χ2v) is 6.14. The van der Waals surface area contributed by atoms with Crippen LogP contribution >= 0.6 is 0 Å². The molecule has 0 saturated carbocycles. The summed E-state index contributed by atoms with van der Waals surface area (Å²) >= 11 is 0. The summed E-state index contributed by atoms with van der Waals surface area (Å²) in [6.07, 6.45) is 2.66. The Balaban J connectivity index is 3.26. The van der Waals surface area contributed by atoms with Crippen LogP contribution in [0.4, 0.5) is 0 Å². The lowest BCUT2D eigenvalue weighted by Crippen LogP contribution is -2.17. The van der Waals surface area contributed by atoms with Gasteiger partial charge < -0.3 is 29.5 Å². The fourth-order valence-corrected chi connectivity index (χ4v) is 1.76. The number of carbonyl (C=O) groups is 1. The average Bonchev–Trinajstić information content (AvgIpc) is 2.69. The number of hydrogen-bond acceptors (Lipinski definition) is 9. The minimum atomic E-state index is 0.196. The Morgan fingerprint density at radius 3 is 1.75 bits per heavy atom. The number of nitrogens with two attached hydrogens (primary N) is 1. The van der Waals surface area contributed by atoms with E-state index in [1.165, 1.54) is 0 Å². The molecule has 0 aliphatic rings. The highest BCUT2D eigenvalue weighted by Gasteiger charge is 1.99. The van der Waals surface area contributed by atoms with E-state index >= 15 is 0 Å². The Kier molecular flexibility index (Phi) is 19.3. The summed E-state index contributed by atoms with van der Waals surface area (Å²) in [7, 11) is 0. The number of rotatable bonds is 20. The second-order valence-electron chi connectivity index (χ2n) is 6.14. The van der Waals surface area contributed by atoms with Crippen LogP contribution in [0, 0.1) is 0 Å². The lowest BCUT2D eigenvalue weighted by Gasteiger charge is -2.08. The van der Waals surface area contributed by atoms with Crippen LogP contribution in [0.5, 0.6) is 0 Å². The van der Waals surface area contributed by atoms with Gasteiger partial charge in [0.15, 0.2) is 0 Å². The molecule has 28 heavy (non-hydrogen) atoms. The van der Waals surface area contributed by atoms with E-state index in [2.05, 4.69) is 10.1 Å². The standard InChI is InChI=1S/C19H37N3O6/c1-4-19(23)5-6-24-7-8-25-9-10-26-11-12-27-13-14-28-16-18(22-20)15-21-17(2)3/h15,17H,4-14,16,20H2,1-3H3/b21-15?,22-18+. The minimum absolute atomic E-state index is 0.196. The van der Waals surface area contributed by atoms with Crippen molar-refractivity contribution in [1.82, 2.24) is 0 Å². The number of Topliss-reactive ketones (excluding diaryl/α,β-unsaturated/α-hetero) is 1. The number of hydrazone groups is 1. The van der Waals surface area contributed by atoms with Gasteiger partial charge >= 0.3 is 0 Å². The van der Waals surface area contributed by atoms with Crippen LogP contribution in [0.1, 0.15) is 33.6 Å². The highest BCUT2D eigenvalue weighted by molar-refractivity contribution is 6.31. The SMILES string of the molecule is CCC(=O)CCOCCOCCOCCOCCOC/C(C=NC(C)C)=N/N. The van der Waals surface area contributed by atoms with Gasteiger partial charge in [0.2, 0.25) is 0 Å². The molecule has 0 rings (SSSR count). The summed E-state index contributed by atoms with van der Waals surface area (Å²) in [5.74, 6) is 5.49. The normalized spacial score (nSPS) is 12.4. The molecule has 0 fully saturated rings. The molecule has 0 amide bonds. The molecule has 0 aliphatic heterocycles. The molecule has 0 bridgehead atoms. The molecular weight excluding hydrogens is 366 g/mol. The highest BCUT2D eigenvalue weighted by atomic mass is 16.6. The van der Waals surface area contributed by atoms with Gasteiger partial charge in [0.05, 0.1) is 66.1 Å². The minimum Gasteiger partial charge on any atom is -0.379 e. The number of ketones is 1. The summed E-state index contributed by atoms with van der Waals surface area (Å²) in [5.41, 5.74) is 0.594. The van der Waals surface area contributed by atoms with Crippen molar-refractivity contribution >= 4 is 17.7 Å². The van der Waals surface area contributed by atoms with Crippen molar-refractivity contribution in [1.29, 1.82) is 0 Å². The van der Waals surface area contributed by atoms with Gasteiger partial charge in [0.1, 0.15) is 11.5 Å². The van der Waals surface area contributed by atoms with Crippen LogP contribution in [0.15, 0.2) is 10.1 Å². The van der Waals surface area contributed by atoms with Crippen molar-refractivity contribution in [3.8, 4) is 0 Å². The molecule has 0 spiro atoms. The average molecular weight is 404 g/mol. The first-order valence-electron chi connectivity index (χ1n) is 9.80. The van der Waals surface area contributed by atoms with Gasteiger partial charge in [-0.05, 0) is 13.8 Å². The Hall–Kier alpha value is -1.39. The first-order chi connectivity index (χ1) is 13.6. The van der Waals surface area contributed by atoms with E-state index in [-0.39, 0.29) is 11.8 Å². The highest BCUT2D eigenvalue weighted by Crippen LogP contribution is 1.90. The Bertz CT molecular complexity index is 430. The zero-order valence-electron chi connectivity index (χ0n) is 17.6. The number of nitrogens with zero attached hydrogens (tertiary/aromatic N) is 2. The molecule has 2 N–H and O–H groups in total. The number of ether oxygens (including phenoxy) is 5. The van der Waals surface area contributed by atoms with Crippen molar-refractivity contribution in [2.75, 3.05) is 66.1 Å². The van der Waals surface area contributed by atoms with E-state index in [0.717, 1.165) is 0 Å². The Morgan fingerprint density at radius 2 is 1.32 bits per heavy atom. The first-order valence-corrected chi connectivity index (χ1v) is 9.80. The van der Waals surface area contributed by atoms with E-state index < -0.39 is 0 Å². The van der Waals surface area contributed by atoms with Crippen LogP contribution in [0.25, 0.3) is 0 Å². The van der Waals surface area contributed by atoms with Gasteiger partial charge in [-0.25, -0.2) is 0 Å². The zero-order chi connectivity index (χ0) is 20.9. The topological polar surface area (TPSA) is 114 Å². The number of carbonyl (C=O) groups excluding carboxylic acids is 1. The van der Waals surface area contributed by atoms with E-state index in [0.29, 0.717) is 84.6 Å². The molecule has 0 heterocycles. The van der Waals surface area contributed by atoms with Gasteiger partial charge in [-0.2, -0.15) is 5.10 Å². The maximum atomic E-state index is 11.1. The van der Waals surface area contributed by atoms with Crippen molar-refractivity contribution in [3.05, 3.63) is 0 Å². The van der Waals surface area contributed by atoms with E-state index in [1.807, 2.05) is 20.8 Å². The molecule has 9 heteroatoms. The molecule has 0 unspecified atom stereocenters. The van der Waals surface area contributed by atoms with Gasteiger partial charge in [-0.15, -0.1) is 0 Å². The van der Waals surface area contributed by atoms with E-state index in [4.69, 9.17) is 29.5 Å². The van der Waals surface area contributed by atoms with Gasteiger partial charge in [0.25, 0.3) is 0 Å². The van der Waals surface area contributed by atoms with Crippen molar-refractivity contribution in [3.63, 3.8) is 0 Å². The summed E-state index contributed by atoms with van der Waals surface area (Å²) in [4.78, 5) is 15.3. The lowest BCUT2D eigenvalue weighted by atomic mass is 10.2. The van der Waals surface area contributed by atoms with Gasteiger partial charge in [-0.3, -0.25) is 9.79 Å². The van der Waals surface area contributed by atoms with Crippen LogP contribution in [0.2, 0.25) is 0 Å². The third-order valence-corrected chi connectivity index (χ3v) is 3.35. The largest absolute Gasteiger partial charge is 0.379 e. The zero-order valence-corrected chi connectivity index (χ0v) is 17.6. The van der Waals surface area contributed by atoms with Crippen molar-refractivity contribution in [2.45, 2.75) is 39.7 Å².